The van der Waals surface area contributed by atoms with Gasteiger partial charge in [-0.2, -0.15) is 0 Å². The van der Waals surface area contributed by atoms with Crippen molar-refractivity contribution in [3.8, 4) is 0 Å². The number of quaternary nitrogens is 1. The monoisotopic (exact) mass is 318 g/mol. The number of para-hydroxylation sites is 1. The first-order valence-corrected chi connectivity index (χ1v) is 7.88. The molecule has 0 unspecified atom stereocenters. The van der Waals surface area contributed by atoms with Gasteiger partial charge in [-0.15, -0.1) is 0 Å². The van der Waals surface area contributed by atoms with Gasteiger partial charge in [0.1, 0.15) is 24.3 Å². The van der Waals surface area contributed by atoms with Crippen LogP contribution in [-0.4, -0.2) is 47.0 Å². The van der Waals surface area contributed by atoms with Crippen LogP contribution in [0.15, 0.2) is 30.3 Å². The molecule has 124 valence electrons. The molecule has 23 heavy (non-hydrogen) atoms. The van der Waals surface area contributed by atoms with Crippen LogP contribution in [0, 0.1) is 0 Å². The standard InChI is InChI=1S/C17H22N2O4/c1-17(22)6-7-23-10-15(17)19-14(16(20)21)9-12-8-11-4-2-3-5-13(11)18-12/h2-5,8,14-15,18-19,22H,6-7,9-10H2,1H3,(H,20,21)/t14-,15-,17+/m0/s1. The summed E-state index contributed by atoms with van der Waals surface area (Å²) in [7, 11) is 0. The van der Waals surface area contributed by atoms with Crippen LogP contribution in [0.3, 0.4) is 0 Å². The Morgan fingerprint density at radius 3 is 3.04 bits per heavy atom. The number of hydrogen-bond acceptors (Lipinski definition) is 4. The van der Waals surface area contributed by atoms with E-state index in [1.807, 2.05) is 30.3 Å². The van der Waals surface area contributed by atoms with Gasteiger partial charge in [0.15, 0.2) is 0 Å². The van der Waals surface area contributed by atoms with Crippen LogP contribution in [0.4, 0.5) is 0 Å². The van der Waals surface area contributed by atoms with E-state index in [0.29, 0.717) is 26.1 Å². The SMILES string of the molecule is C[C@@]1(O)CCOC[C@@H]1[NH2+][C@@H](Cc1cc2ccccc2[nH]1)C(=O)[O-]. The first-order valence-electron chi connectivity index (χ1n) is 7.88. The number of carboxylic acids is 1. The summed E-state index contributed by atoms with van der Waals surface area (Å²) in [4.78, 5) is 14.8. The average Bonchev–Trinajstić information content (AvgIpc) is 2.90. The second-order valence-corrected chi connectivity index (χ2v) is 6.49. The summed E-state index contributed by atoms with van der Waals surface area (Å²) in [5.41, 5.74) is 0.882. The third-order valence-electron chi connectivity index (χ3n) is 4.64. The molecular formula is C17H22N2O4. The molecule has 0 spiro atoms. The normalized spacial score (nSPS) is 26.3. The first-order chi connectivity index (χ1) is 11.0. The Morgan fingerprint density at radius 1 is 1.57 bits per heavy atom. The quantitative estimate of drug-likeness (QED) is 0.653. The van der Waals surface area contributed by atoms with Crippen molar-refractivity contribution in [2.24, 2.45) is 0 Å². The molecule has 1 saturated heterocycles. The molecule has 3 rings (SSSR count). The first kappa shape index (κ1) is 16.0. The number of aromatic nitrogens is 1. The lowest BCUT2D eigenvalue weighted by Crippen LogP contribution is -3.02. The van der Waals surface area contributed by atoms with Crippen LogP contribution in [0.5, 0.6) is 0 Å². The molecule has 0 aliphatic carbocycles. The van der Waals surface area contributed by atoms with Crippen molar-refractivity contribution in [2.75, 3.05) is 13.2 Å². The average molecular weight is 318 g/mol. The number of rotatable bonds is 5. The Balaban J connectivity index is 1.75. The van der Waals surface area contributed by atoms with Gasteiger partial charge >= 0.3 is 0 Å². The molecule has 2 heterocycles. The molecule has 0 radical (unpaired) electrons. The Labute approximate surface area is 134 Å². The number of carboxylic acid groups (broad SMARTS) is 1. The lowest BCUT2D eigenvalue weighted by Gasteiger charge is -2.36. The summed E-state index contributed by atoms with van der Waals surface area (Å²) < 4.78 is 5.38. The van der Waals surface area contributed by atoms with E-state index in [1.54, 1.807) is 12.2 Å². The molecule has 1 aromatic carbocycles. The molecular weight excluding hydrogens is 296 g/mol. The predicted molar refractivity (Wildman–Crippen MR) is 82.6 cm³/mol. The van der Waals surface area contributed by atoms with Crippen LogP contribution in [0.2, 0.25) is 0 Å². The largest absolute Gasteiger partial charge is 0.544 e. The molecule has 4 N–H and O–H groups in total. The zero-order chi connectivity index (χ0) is 16.4. The van der Waals surface area contributed by atoms with Crippen molar-refractivity contribution in [3.05, 3.63) is 36.0 Å². The minimum atomic E-state index is -1.13. The number of fused-ring (bicyclic) bond motifs is 1. The lowest BCUT2D eigenvalue weighted by molar-refractivity contribution is -0.731. The molecule has 0 saturated carbocycles. The molecule has 1 aliphatic rings. The van der Waals surface area contributed by atoms with Gasteiger partial charge in [-0.05, 0) is 24.4 Å². The number of aliphatic hydroxyl groups is 1. The number of nitrogens with one attached hydrogen (secondary N) is 1. The van der Waals surface area contributed by atoms with Crippen LogP contribution in [0.25, 0.3) is 10.9 Å². The highest BCUT2D eigenvalue weighted by atomic mass is 16.5. The van der Waals surface area contributed by atoms with Crippen molar-refractivity contribution >= 4 is 16.9 Å². The number of carbonyl (C=O) groups excluding carboxylic acids is 1. The maximum Gasteiger partial charge on any atom is 0.139 e. The molecule has 3 atom stereocenters. The van der Waals surface area contributed by atoms with Crippen LogP contribution in [-0.2, 0) is 16.0 Å². The number of hydrogen-bond donors (Lipinski definition) is 3. The minimum absolute atomic E-state index is 0.309. The van der Waals surface area contributed by atoms with E-state index in [0.717, 1.165) is 16.6 Å². The summed E-state index contributed by atoms with van der Waals surface area (Å²) in [6.45, 7) is 2.56. The molecule has 6 nitrogen and oxygen atoms in total. The van der Waals surface area contributed by atoms with Gasteiger partial charge in [-0.1, -0.05) is 18.2 Å². The molecule has 0 bridgehead atoms. The number of nitrogens with two attached hydrogens (primary N) is 1. The highest BCUT2D eigenvalue weighted by molar-refractivity contribution is 5.80. The summed E-state index contributed by atoms with van der Waals surface area (Å²) in [6.07, 6.45) is 0.809. The fourth-order valence-electron chi connectivity index (χ4n) is 3.11. The number of aliphatic carboxylic acids is 1. The number of ether oxygens (including phenoxy) is 1. The van der Waals surface area contributed by atoms with Crippen molar-refractivity contribution in [1.29, 1.82) is 0 Å². The van der Waals surface area contributed by atoms with E-state index in [2.05, 4.69) is 4.98 Å². The maximum atomic E-state index is 11.5. The van der Waals surface area contributed by atoms with E-state index in [-0.39, 0.29) is 6.04 Å². The molecule has 0 amide bonds. The highest BCUT2D eigenvalue weighted by Crippen LogP contribution is 2.18. The summed E-state index contributed by atoms with van der Waals surface area (Å²) in [5, 5.41) is 24.7. The summed E-state index contributed by atoms with van der Waals surface area (Å²) in [6, 6.07) is 8.67. The van der Waals surface area contributed by atoms with E-state index in [1.165, 1.54) is 0 Å². The van der Waals surface area contributed by atoms with E-state index in [4.69, 9.17) is 4.74 Å². The van der Waals surface area contributed by atoms with Gasteiger partial charge in [0.25, 0.3) is 0 Å². The molecule has 1 aliphatic heterocycles. The maximum absolute atomic E-state index is 11.5. The molecule has 6 heteroatoms. The number of carbonyl (C=O) groups is 1. The number of benzene rings is 1. The zero-order valence-electron chi connectivity index (χ0n) is 13.1. The van der Waals surface area contributed by atoms with Gasteiger partial charge in [0, 0.05) is 30.7 Å². The topological polar surface area (TPSA) is 102 Å². The fourth-order valence-corrected chi connectivity index (χ4v) is 3.11. The zero-order valence-corrected chi connectivity index (χ0v) is 13.1. The smallest absolute Gasteiger partial charge is 0.139 e. The van der Waals surface area contributed by atoms with Gasteiger partial charge in [-0.3, -0.25) is 0 Å². The minimum Gasteiger partial charge on any atom is -0.544 e. The summed E-state index contributed by atoms with van der Waals surface area (Å²) in [5.74, 6) is -1.13. The Bertz CT molecular complexity index is 662. The third-order valence-corrected chi connectivity index (χ3v) is 4.64. The van der Waals surface area contributed by atoms with Crippen molar-refractivity contribution in [3.63, 3.8) is 0 Å². The lowest BCUT2D eigenvalue weighted by atomic mass is 9.90. The van der Waals surface area contributed by atoms with Gasteiger partial charge < -0.3 is 30.0 Å². The summed E-state index contributed by atoms with van der Waals surface area (Å²) >= 11 is 0. The Kier molecular flexibility index (Phi) is 4.39. The van der Waals surface area contributed by atoms with Gasteiger partial charge in [0.2, 0.25) is 0 Å². The second kappa shape index (κ2) is 6.31. The third kappa shape index (κ3) is 3.55. The van der Waals surface area contributed by atoms with Crippen LogP contribution < -0.4 is 10.4 Å². The predicted octanol–water partition coefficient (Wildman–Crippen LogP) is -1.07. The molecule has 1 fully saturated rings. The molecule has 1 aromatic heterocycles. The highest BCUT2D eigenvalue weighted by Gasteiger charge is 2.40. The van der Waals surface area contributed by atoms with Crippen molar-refractivity contribution < 1.29 is 25.1 Å². The van der Waals surface area contributed by atoms with Gasteiger partial charge in [0.05, 0.1) is 5.97 Å². The fraction of sp³-hybridized carbons (Fsp3) is 0.471. The van der Waals surface area contributed by atoms with Crippen LogP contribution in [0.1, 0.15) is 19.0 Å². The molecule has 2 aromatic rings. The van der Waals surface area contributed by atoms with Crippen molar-refractivity contribution in [2.45, 2.75) is 37.5 Å². The number of H-pyrrole nitrogens is 1. The van der Waals surface area contributed by atoms with E-state index < -0.39 is 17.6 Å². The van der Waals surface area contributed by atoms with E-state index >= 15 is 0 Å². The Morgan fingerprint density at radius 2 is 2.35 bits per heavy atom. The van der Waals surface area contributed by atoms with Crippen molar-refractivity contribution in [1.82, 2.24) is 4.98 Å². The van der Waals surface area contributed by atoms with E-state index in [9.17, 15) is 15.0 Å². The van der Waals surface area contributed by atoms with Crippen LogP contribution >= 0.6 is 0 Å². The second-order valence-electron chi connectivity index (χ2n) is 6.49. The van der Waals surface area contributed by atoms with Gasteiger partial charge in [-0.25, -0.2) is 0 Å². The Hall–Kier alpha value is -1.89. The number of aromatic amines is 1.